The van der Waals surface area contributed by atoms with Gasteiger partial charge in [0.25, 0.3) is 0 Å². The molecule has 9 heavy (non-hydrogen) atoms. The van der Waals surface area contributed by atoms with E-state index in [9.17, 15) is 8.78 Å². The summed E-state index contributed by atoms with van der Waals surface area (Å²) in [5, 5.41) is 0. The Bertz CT molecular complexity index is 75.6. The Kier molecular flexibility index (Phi) is 3.04. The molecule has 0 aliphatic heterocycles. The van der Waals surface area contributed by atoms with Gasteiger partial charge in [-0.1, -0.05) is 0 Å². The first kappa shape index (κ1) is 8.82. The van der Waals surface area contributed by atoms with Crippen molar-refractivity contribution in [1.82, 2.24) is 0 Å². The van der Waals surface area contributed by atoms with Gasteiger partial charge in [-0.05, 0) is 20.3 Å². The average molecular weight is 137 g/mol. The van der Waals surface area contributed by atoms with Crippen molar-refractivity contribution >= 4 is 0 Å². The minimum Gasteiger partial charge on any atom is -0.328 e. The Hall–Kier alpha value is -0.180. The molecule has 0 heterocycles. The van der Waals surface area contributed by atoms with Crippen LogP contribution in [0.4, 0.5) is 8.78 Å². The van der Waals surface area contributed by atoms with Crippen molar-refractivity contribution in [3.05, 3.63) is 0 Å². The van der Waals surface area contributed by atoms with Crippen LogP contribution >= 0.6 is 0 Å². The summed E-state index contributed by atoms with van der Waals surface area (Å²) in [6.07, 6.45) is 0.286. The molecular formula is C6H13F2N. The second-order valence-corrected chi connectivity index (χ2v) is 2.59. The smallest absolute Gasteiger partial charge is 0.245 e. The number of alkyl halides is 2. The van der Waals surface area contributed by atoms with E-state index < -0.39 is 5.92 Å². The Labute approximate surface area is 54.2 Å². The first-order valence-corrected chi connectivity index (χ1v) is 3.05. The normalized spacial score (nSPS) is 15.7. The van der Waals surface area contributed by atoms with Gasteiger partial charge in [-0.25, -0.2) is 8.78 Å². The van der Waals surface area contributed by atoms with Crippen LogP contribution in [-0.2, 0) is 0 Å². The molecule has 0 amide bonds. The van der Waals surface area contributed by atoms with Gasteiger partial charge in [0.15, 0.2) is 0 Å². The van der Waals surface area contributed by atoms with Crippen LogP contribution in [0.25, 0.3) is 0 Å². The molecule has 2 N–H and O–H groups in total. The quantitative estimate of drug-likeness (QED) is 0.630. The van der Waals surface area contributed by atoms with Crippen molar-refractivity contribution in [2.45, 2.75) is 38.7 Å². The van der Waals surface area contributed by atoms with Gasteiger partial charge in [-0.2, -0.15) is 0 Å². The van der Waals surface area contributed by atoms with Gasteiger partial charge in [0.2, 0.25) is 5.92 Å². The zero-order valence-corrected chi connectivity index (χ0v) is 5.82. The molecule has 0 aromatic rings. The minimum atomic E-state index is -2.55. The van der Waals surface area contributed by atoms with E-state index in [0.29, 0.717) is 6.42 Å². The third kappa shape index (κ3) is 7.82. The molecule has 0 bridgehead atoms. The van der Waals surface area contributed by atoms with E-state index in [2.05, 4.69) is 0 Å². The molecule has 1 atom stereocenters. The van der Waals surface area contributed by atoms with Crippen LogP contribution in [0.3, 0.4) is 0 Å². The van der Waals surface area contributed by atoms with Crippen molar-refractivity contribution in [3.63, 3.8) is 0 Å². The summed E-state index contributed by atoms with van der Waals surface area (Å²) in [5.41, 5.74) is 5.27. The van der Waals surface area contributed by atoms with Crippen molar-refractivity contribution in [2.75, 3.05) is 0 Å². The summed E-state index contributed by atoms with van der Waals surface area (Å²) in [6, 6.07) is -0.115. The van der Waals surface area contributed by atoms with Crippen LogP contribution in [-0.4, -0.2) is 12.0 Å². The highest BCUT2D eigenvalue weighted by atomic mass is 19.3. The summed E-state index contributed by atoms with van der Waals surface area (Å²) >= 11 is 0. The van der Waals surface area contributed by atoms with Gasteiger partial charge in [-0.15, -0.1) is 0 Å². The molecule has 3 heteroatoms. The van der Waals surface area contributed by atoms with Crippen LogP contribution in [0, 0.1) is 0 Å². The van der Waals surface area contributed by atoms with Crippen LogP contribution in [0.15, 0.2) is 0 Å². The summed E-state index contributed by atoms with van der Waals surface area (Å²) in [5.74, 6) is -2.55. The maximum Gasteiger partial charge on any atom is 0.245 e. The second-order valence-electron chi connectivity index (χ2n) is 2.59. The van der Waals surface area contributed by atoms with E-state index in [1.807, 2.05) is 0 Å². The molecule has 0 saturated heterocycles. The van der Waals surface area contributed by atoms with Crippen molar-refractivity contribution in [2.24, 2.45) is 5.73 Å². The monoisotopic (exact) mass is 137 g/mol. The lowest BCUT2D eigenvalue weighted by Gasteiger charge is -2.10. The molecule has 0 spiro atoms. The molecule has 0 aliphatic carbocycles. The van der Waals surface area contributed by atoms with Gasteiger partial charge in [0, 0.05) is 12.5 Å². The Morgan fingerprint density at radius 2 is 2.00 bits per heavy atom. The Balaban J connectivity index is 3.28. The number of nitrogens with two attached hydrogens (primary N) is 1. The molecule has 1 unspecified atom stereocenters. The fourth-order valence-electron chi connectivity index (χ4n) is 0.481. The van der Waals surface area contributed by atoms with Gasteiger partial charge >= 0.3 is 0 Å². The SMILES string of the molecule is CC(N)CCC(C)(F)F. The zero-order valence-electron chi connectivity index (χ0n) is 5.82. The van der Waals surface area contributed by atoms with E-state index in [0.717, 1.165) is 6.92 Å². The number of halogens is 2. The standard InChI is InChI=1S/C6H13F2N/c1-5(9)3-4-6(2,7)8/h5H,3-4,9H2,1-2H3. The summed E-state index contributed by atoms with van der Waals surface area (Å²) < 4.78 is 24.1. The molecule has 0 rings (SSSR count). The Morgan fingerprint density at radius 1 is 1.56 bits per heavy atom. The summed E-state index contributed by atoms with van der Waals surface area (Å²) in [7, 11) is 0. The average Bonchev–Trinajstić information content (AvgIpc) is 1.59. The molecule has 0 saturated carbocycles. The van der Waals surface area contributed by atoms with Gasteiger partial charge in [-0.3, -0.25) is 0 Å². The first-order chi connectivity index (χ1) is 3.92. The van der Waals surface area contributed by atoms with Crippen LogP contribution in [0.5, 0.6) is 0 Å². The molecule has 0 aromatic heterocycles. The van der Waals surface area contributed by atoms with Crippen molar-refractivity contribution < 1.29 is 8.78 Å². The fourth-order valence-corrected chi connectivity index (χ4v) is 0.481. The molecule has 0 aromatic carbocycles. The van der Waals surface area contributed by atoms with Crippen molar-refractivity contribution in [3.8, 4) is 0 Å². The fraction of sp³-hybridized carbons (Fsp3) is 1.00. The zero-order chi connectivity index (χ0) is 7.49. The van der Waals surface area contributed by atoms with Gasteiger partial charge in [0.05, 0.1) is 0 Å². The topological polar surface area (TPSA) is 26.0 Å². The number of hydrogen-bond acceptors (Lipinski definition) is 1. The van der Waals surface area contributed by atoms with E-state index >= 15 is 0 Å². The van der Waals surface area contributed by atoms with Gasteiger partial charge < -0.3 is 5.73 Å². The largest absolute Gasteiger partial charge is 0.328 e. The van der Waals surface area contributed by atoms with E-state index in [1.54, 1.807) is 6.92 Å². The molecular weight excluding hydrogens is 124 g/mol. The Morgan fingerprint density at radius 3 is 2.11 bits per heavy atom. The van der Waals surface area contributed by atoms with Crippen LogP contribution in [0.2, 0.25) is 0 Å². The number of rotatable bonds is 3. The lowest BCUT2D eigenvalue weighted by molar-refractivity contribution is 0.00965. The molecule has 56 valence electrons. The third-order valence-corrected chi connectivity index (χ3v) is 1.04. The summed E-state index contributed by atoms with van der Waals surface area (Å²) in [4.78, 5) is 0. The van der Waals surface area contributed by atoms with E-state index in [4.69, 9.17) is 5.73 Å². The third-order valence-electron chi connectivity index (χ3n) is 1.04. The first-order valence-electron chi connectivity index (χ1n) is 3.05. The molecule has 0 aliphatic rings. The van der Waals surface area contributed by atoms with Gasteiger partial charge in [0.1, 0.15) is 0 Å². The van der Waals surface area contributed by atoms with Crippen LogP contribution < -0.4 is 5.73 Å². The lowest BCUT2D eigenvalue weighted by atomic mass is 10.1. The highest BCUT2D eigenvalue weighted by Crippen LogP contribution is 2.18. The molecule has 0 radical (unpaired) electrons. The maximum absolute atomic E-state index is 12.0. The van der Waals surface area contributed by atoms with E-state index in [-0.39, 0.29) is 12.5 Å². The molecule has 1 nitrogen and oxygen atoms in total. The van der Waals surface area contributed by atoms with E-state index in [1.165, 1.54) is 0 Å². The minimum absolute atomic E-state index is 0.106. The van der Waals surface area contributed by atoms with Crippen LogP contribution in [0.1, 0.15) is 26.7 Å². The second kappa shape index (κ2) is 3.11. The highest BCUT2D eigenvalue weighted by molar-refractivity contribution is 4.62. The predicted molar refractivity (Wildman–Crippen MR) is 33.5 cm³/mol. The predicted octanol–water partition coefficient (Wildman–Crippen LogP) is 1.77. The van der Waals surface area contributed by atoms with Crippen molar-refractivity contribution in [1.29, 1.82) is 0 Å². The maximum atomic E-state index is 12.0. The lowest BCUT2D eigenvalue weighted by Crippen LogP contribution is -2.19. The highest BCUT2D eigenvalue weighted by Gasteiger charge is 2.20. The number of hydrogen-bond donors (Lipinski definition) is 1. The summed E-state index contributed by atoms with van der Waals surface area (Å²) in [6.45, 7) is 2.64. The molecule has 0 fully saturated rings.